The second-order valence-corrected chi connectivity index (χ2v) is 7.44. The molecule has 3 rings (SSSR count). The van der Waals surface area contributed by atoms with Crippen LogP contribution in [0.25, 0.3) is 0 Å². The van der Waals surface area contributed by atoms with E-state index in [1.54, 1.807) is 0 Å². The Morgan fingerprint density at radius 2 is 1.79 bits per heavy atom. The number of ether oxygens (including phenoxy) is 3. The smallest absolute Gasteiger partial charge is 0.187 e. The summed E-state index contributed by atoms with van der Waals surface area (Å²) in [7, 11) is 0. The van der Waals surface area contributed by atoms with Gasteiger partial charge in [-0.05, 0) is 18.4 Å². The molecule has 0 bridgehead atoms. The van der Waals surface area contributed by atoms with Crippen molar-refractivity contribution < 1.29 is 24.4 Å². The number of fused-ring (bicyclic) bond motifs is 1. The highest BCUT2D eigenvalue weighted by molar-refractivity contribution is 5.09. The molecule has 5 nitrogen and oxygen atoms in total. The van der Waals surface area contributed by atoms with Crippen LogP contribution in [-0.4, -0.2) is 47.7 Å². The molecule has 0 aromatic carbocycles. The Bertz CT molecular complexity index is 418. The van der Waals surface area contributed by atoms with E-state index in [0.29, 0.717) is 26.1 Å². The summed E-state index contributed by atoms with van der Waals surface area (Å²) in [6.07, 6.45) is 11.1. The molecule has 2 N–H and O–H groups in total. The van der Waals surface area contributed by atoms with Crippen LogP contribution < -0.4 is 0 Å². The van der Waals surface area contributed by atoms with Crippen LogP contribution in [0.2, 0.25) is 0 Å². The van der Waals surface area contributed by atoms with Crippen LogP contribution >= 0.6 is 0 Å². The number of unbranched alkanes of at least 4 members (excludes halogenated alkanes) is 4. The molecule has 3 fully saturated rings. The molecular weight excluding hydrogens is 308 g/mol. The fraction of sp³-hybridized carbons (Fsp3) is 0.895. The number of aliphatic hydroxyl groups is 2. The average Bonchev–Trinajstić information content (AvgIpc) is 3.21. The van der Waals surface area contributed by atoms with E-state index in [4.69, 9.17) is 14.2 Å². The third kappa shape index (κ3) is 4.20. The fourth-order valence-corrected chi connectivity index (χ4v) is 4.36. The minimum Gasteiger partial charge on any atom is -0.392 e. The highest BCUT2D eigenvalue weighted by Gasteiger charge is 2.48. The first-order valence-corrected chi connectivity index (χ1v) is 9.62. The molecule has 138 valence electrons. The van der Waals surface area contributed by atoms with E-state index in [0.717, 1.165) is 12.8 Å². The molecule has 2 saturated heterocycles. The zero-order valence-electron chi connectivity index (χ0n) is 14.7. The van der Waals surface area contributed by atoms with Gasteiger partial charge in [-0.1, -0.05) is 38.7 Å². The van der Waals surface area contributed by atoms with Crippen molar-refractivity contribution in [2.24, 2.45) is 11.8 Å². The van der Waals surface area contributed by atoms with Crippen LogP contribution in [-0.2, 0) is 14.2 Å². The summed E-state index contributed by atoms with van der Waals surface area (Å²) in [6, 6.07) is 0. The molecule has 3 aliphatic rings. The van der Waals surface area contributed by atoms with Crippen LogP contribution in [0.4, 0.5) is 0 Å². The van der Waals surface area contributed by atoms with Crippen molar-refractivity contribution >= 4 is 0 Å². The Morgan fingerprint density at radius 3 is 2.54 bits per heavy atom. The SMILES string of the molecule is CCCCCCCC1(/C=C/[C@@H]2[C@H]3CC(O)O[C@H]3C[C@H]2O)OCCO1. The van der Waals surface area contributed by atoms with Gasteiger partial charge < -0.3 is 24.4 Å². The minimum atomic E-state index is -0.685. The van der Waals surface area contributed by atoms with Gasteiger partial charge in [-0.15, -0.1) is 0 Å². The number of rotatable bonds is 8. The van der Waals surface area contributed by atoms with Crippen molar-refractivity contribution in [2.45, 2.75) is 82.6 Å². The normalized spacial score (nSPS) is 38.2. The van der Waals surface area contributed by atoms with Crippen molar-refractivity contribution in [1.82, 2.24) is 0 Å². The highest BCUT2D eigenvalue weighted by atomic mass is 16.7. The van der Waals surface area contributed by atoms with E-state index in [9.17, 15) is 10.2 Å². The first-order valence-electron chi connectivity index (χ1n) is 9.62. The van der Waals surface area contributed by atoms with Gasteiger partial charge in [0.2, 0.25) is 0 Å². The van der Waals surface area contributed by atoms with Crippen molar-refractivity contribution in [3.63, 3.8) is 0 Å². The molecule has 1 aliphatic carbocycles. The summed E-state index contributed by atoms with van der Waals surface area (Å²) in [5.74, 6) is -0.423. The van der Waals surface area contributed by atoms with E-state index in [-0.39, 0.29) is 17.9 Å². The first kappa shape index (κ1) is 18.3. The first-order chi connectivity index (χ1) is 11.6. The third-order valence-electron chi connectivity index (χ3n) is 5.67. The lowest BCUT2D eigenvalue weighted by Crippen LogP contribution is -2.28. The van der Waals surface area contributed by atoms with Gasteiger partial charge in [0.1, 0.15) is 0 Å². The van der Waals surface area contributed by atoms with Crippen molar-refractivity contribution in [3.05, 3.63) is 12.2 Å². The molecule has 2 aliphatic heterocycles. The maximum atomic E-state index is 10.3. The quantitative estimate of drug-likeness (QED) is 0.525. The Kier molecular flexibility index (Phi) is 6.33. The van der Waals surface area contributed by atoms with Gasteiger partial charge in [-0.2, -0.15) is 0 Å². The van der Waals surface area contributed by atoms with E-state index >= 15 is 0 Å². The molecule has 5 heteroatoms. The molecule has 5 atom stereocenters. The van der Waals surface area contributed by atoms with Crippen molar-refractivity contribution in [1.29, 1.82) is 0 Å². The molecule has 1 unspecified atom stereocenters. The molecule has 0 radical (unpaired) electrons. The van der Waals surface area contributed by atoms with Gasteiger partial charge in [0, 0.05) is 25.2 Å². The molecule has 1 saturated carbocycles. The summed E-state index contributed by atoms with van der Waals surface area (Å²) in [5, 5.41) is 20.0. The lowest BCUT2D eigenvalue weighted by atomic mass is 9.90. The van der Waals surface area contributed by atoms with Crippen LogP contribution in [0.5, 0.6) is 0 Å². The molecule has 0 amide bonds. The second kappa shape index (κ2) is 8.28. The van der Waals surface area contributed by atoms with E-state index in [2.05, 4.69) is 6.92 Å². The van der Waals surface area contributed by atoms with Crippen LogP contribution in [0, 0.1) is 11.8 Å². The summed E-state index contributed by atoms with van der Waals surface area (Å²) in [4.78, 5) is 0. The van der Waals surface area contributed by atoms with Gasteiger partial charge >= 0.3 is 0 Å². The lowest BCUT2D eigenvalue weighted by molar-refractivity contribution is -0.122. The molecule has 2 heterocycles. The van der Waals surface area contributed by atoms with E-state index < -0.39 is 18.2 Å². The molecule has 0 aromatic rings. The van der Waals surface area contributed by atoms with Crippen molar-refractivity contribution in [3.8, 4) is 0 Å². The number of hydrogen-bond acceptors (Lipinski definition) is 5. The zero-order chi connectivity index (χ0) is 17.0. The summed E-state index contributed by atoms with van der Waals surface area (Å²) in [5.41, 5.74) is 0. The van der Waals surface area contributed by atoms with E-state index in [1.165, 1.54) is 25.7 Å². The summed E-state index contributed by atoms with van der Waals surface area (Å²) < 4.78 is 17.3. The number of hydrogen-bond donors (Lipinski definition) is 2. The minimum absolute atomic E-state index is 0.0110. The fourth-order valence-electron chi connectivity index (χ4n) is 4.36. The summed E-state index contributed by atoms with van der Waals surface area (Å²) in [6.45, 7) is 3.47. The Balaban J connectivity index is 1.57. The predicted octanol–water partition coefficient (Wildman–Crippen LogP) is 2.75. The Morgan fingerprint density at radius 1 is 1.04 bits per heavy atom. The molecule has 0 spiro atoms. The highest BCUT2D eigenvalue weighted by Crippen LogP contribution is 2.44. The molecule has 0 aromatic heterocycles. The second-order valence-electron chi connectivity index (χ2n) is 7.44. The van der Waals surface area contributed by atoms with Crippen LogP contribution in [0.1, 0.15) is 58.3 Å². The maximum Gasteiger partial charge on any atom is 0.187 e. The zero-order valence-corrected chi connectivity index (χ0v) is 14.7. The number of aliphatic hydroxyl groups excluding tert-OH is 2. The summed E-state index contributed by atoms with van der Waals surface area (Å²) >= 11 is 0. The maximum absolute atomic E-state index is 10.3. The van der Waals surface area contributed by atoms with E-state index in [1.807, 2.05) is 12.2 Å². The lowest BCUT2D eigenvalue weighted by Gasteiger charge is -2.25. The van der Waals surface area contributed by atoms with Gasteiger partial charge in [-0.3, -0.25) is 0 Å². The standard InChI is InChI=1S/C19H32O5/c1-2-3-4-5-6-8-19(22-10-11-23-19)9-7-14-15-12-18(21)24-17(15)13-16(14)20/h7,9,14-18,20-21H,2-6,8,10-13H2,1H3/b9-7+/t14-,15-,16-,17+,18?/m1/s1. The average molecular weight is 340 g/mol. The molecule has 24 heavy (non-hydrogen) atoms. The Labute approximate surface area is 145 Å². The van der Waals surface area contributed by atoms with Gasteiger partial charge in [0.15, 0.2) is 12.1 Å². The topological polar surface area (TPSA) is 68.2 Å². The van der Waals surface area contributed by atoms with Gasteiger partial charge in [0.25, 0.3) is 0 Å². The third-order valence-corrected chi connectivity index (χ3v) is 5.67. The largest absolute Gasteiger partial charge is 0.392 e. The van der Waals surface area contributed by atoms with Gasteiger partial charge in [-0.25, -0.2) is 0 Å². The molecular formula is C19H32O5. The Hall–Kier alpha value is -0.460. The van der Waals surface area contributed by atoms with Crippen LogP contribution in [0.3, 0.4) is 0 Å². The van der Waals surface area contributed by atoms with Gasteiger partial charge in [0.05, 0.1) is 25.4 Å². The van der Waals surface area contributed by atoms with Crippen molar-refractivity contribution in [2.75, 3.05) is 13.2 Å². The predicted molar refractivity (Wildman–Crippen MR) is 90.3 cm³/mol. The van der Waals surface area contributed by atoms with Crippen LogP contribution in [0.15, 0.2) is 12.2 Å². The monoisotopic (exact) mass is 340 g/mol.